The third kappa shape index (κ3) is 2.31. The van der Waals surface area contributed by atoms with Crippen LogP contribution in [0.3, 0.4) is 0 Å². The summed E-state index contributed by atoms with van der Waals surface area (Å²) < 4.78 is 15.7. The fourth-order valence-electron chi connectivity index (χ4n) is 2.33. The topological polar surface area (TPSA) is 46.8 Å². The molecule has 3 aromatic rings. The van der Waals surface area contributed by atoms with Crippen LogP contribution >= 0.6 is 11.6 Å². The van der Waals surface area contributed by atoms with Gasteiger partial charge in [-0.05, 0) is 36.7 Å². The third-order valence-corrected chi connectivity index (χ3v) is 3.60. The molecule has 0 saturated heterocycles. The highest BCUT2D eigenvalue weighted by Gasteiger charge is 2.14. The van der Waals surface area contributed by atoms with E-state index in [2.05, 4.69) is 15.1 Å². The van der Waals surface area contributed by atoms with Crippen LogP contribution in [0.2, 0.25) is 5.28 Å². The highest BCUT2D eigenvalue weighted by molar-refractivity contribution is 6.28. The van der Waals surface area contributed by atoms with E-state index in [0.29, 0.717) is 0 Å². The van der Waals surface area contributed by atoms with E-state index in [4.69, 9.17) is 11.6 Å². The van der Waals surface area contributed by atoms with E-state index in [1.54, 1.807) is 16.6 Å². The monoisotopic (exact) mass is 305 g/mol. The molecule has 5 nitrogen and oxygen atoms in total. The van der Waals surface area contributed by atoms with Crippen LogP contribution in [0.5, 0.6) is 0 Å². The second-order valence-corrected chi connectivity index (χ2v) is 5.12. The highest BCUT2D eigenvalue weighted by atomic mass is 35.5. The van der Waals surface area contributed by atoms with Gasteiger partial charge in [0, 0.05) is 25.2 Å². The van der Waals surface area contributed by atoms with Gasteiger partial charge in [0.1, 0.15) is 0 Å². The minimum absolute atomic E-state index is 0.00991. The number of halogens is 2. The Hall–Kier alpha value is -2.21. The van der Waals surface area contributed by atoms with Gasteiger partial charge in [-0.2, -0.15) is 10.1 Å². The molecule has 108 valence electrons. The molecule has 0 unspecified atom stereocenters. The van der Waals surface area contributed by atoms with Crippen molar-refractivity contribution in [1.82, 2.24) is 19.7 Å². The van der Waals surface area contributed by atoms with Crippen molar-refractivity contribution in [3.05, 3.63) is 41.2 Å². The summed E-state index contributed by atoms with van der Waals surface area (Å²) in [4.78, 5) is 9.19. The van der Waals surface area contributed by atoms with Crippen molar-refractivity contribution in [2.75, 3.05) is 11.9 Å². The predicted molar refractivity (Wildman–Crippen MR) is 80.5 cm³/mol. The maximum Gasteiger partial charge on any atom is 0.224 e. The van der Waals surface area contributed by atoms with Gasteiger partial charge < -0.3 is 4.90 Å². The molecule has 0 bridgehead atoms. The number of benzene rings is 1. The molecule has 0 N–H and O–H groups in total. The van der Waals surface area contributed by atoms with E-state index >= 15 is 0 Å². The van der Waals surface area contributed by atoms with Crippen molar-refractivity contribution < 1.29 is 4.39 Å². The fourth-order valence-corrected chi connectivity index (χ4v) is 2.46. The lowest BCUT2D eigenvalue weighted by Gasteiger charge is -2.19. The largest absolute Gasteiger partial charge is 0.327 e. The Bertz CT molecular complexity index is 830. The van der Waals surface area contributed by atoms with Crippen molar-refractivity contribution in [2.24, 2.45) is 7.05 Å². The van der Waals surface area contributed by atoms with Crippen LogP contribution in [0, 0.1) is 12.7 Å². The minimum atomic E-state index is -0.525. The summed E-state index contributed by atoms with van der Waals surface area (Å²) in [7, 11) is 3.60. The minimum Gasteiger partial charge on any atom is -0.327 e. The zero-order valence-electron chi connectivity index (χ0n) is 11.8. The third-order valence-electron chi connectivity index (χ3n) is 3.42. The lowest BCUT2D eigenvalue weighted by Crippen LogP contribution is -2.13. The first-order valence-electron chi connectivity index (χ1n) is 6.32. The first-order chi connectivity index (χ1) is 9.97. The second-order valence-electron chi connectivity index (χ2n) is 4.78. The fraction of sp³-hybridized carbons (Fsp3) is 0.214. The van der Waals surface area contributed by atoms with Gasteiger partial charge in [-0.15, -0.1) is 0 Å². The Morgan fingerprint density at radius 2 is 2.10 bits per heavy atom. The number of aryl methyl sites for hydroxylation is 2. The van der Waals surface area contributed by atoms with Crippen molar-refractivity contribution >= 4 is 34.0 Å². The van der Waals surface area contributed by atoms with Gasteiger partial charge in [-0.25, -0.2) is 9.37 Å². The van der Waals surface area contributed by atoms with Crippen LogP contribution in [-0.4, -0.2) is 26.8 Å². The summed E-state index contributed by atoms with van der Waals surface area (Å²) in [6, 6.07) is 5.79. The molecule has 0 fully saturated rings. The summed E-state index contributed by atoms with van der Waals surface area (Å²) in [5.74, 6) is -0.392. The molecule has 0 spiro atoms. The molecule has 7 heteroatoms. The zero-order valence-corrected chi connectivity index (χ0v) is 12.6. The normalized spacial score (nSPS) is 11.1. The second kappa shape index (κ2) is 4.96. The van der Waals surface area contributed by atoms with Crippen LogP contribution in [0.25, 0.3) is 10.9 Å². The first-order valence-corrected chi connectivity index (χ1v) is 6.70. The molecule has 2 aromatic heterocycles. The van der Waals surface area contributed by atoms with Crippen LogP contribution in [0.4, 0.5) is 15.9 Å². The Kier molecular flexibility index (Phi) is 3.25. The molecule has 3 rings (SSSR count). The molecule has 0 atom stereocenters. The number of hydrogen-bond donors (Lipinski definition) is 0. The van der Waals surface area contributed by atoms with Crippen LogP contribution < -0.4 is 4.90 Å². The maximum absolute atomic E-state index is 13.9. The van der Waals surface area contributed by atoms with E-state index in [1.165, 1.54) is 0 Å². The molecule has 1 aromatic carbocycles. The van der Waals surface area contributed by atoms with Gasteiger partial charge in [-0.1, -0.05) is 0 Å². The number of rotatable bonds is 2. The number of aromatic nitrogens is 4. The summed E-state index contributed by atoms with van der Waals surface area (Å²) in [6.07, 6.45) is 1.06. The zero-order chi connectivity index (χ0) is 15.1. The summed E-state index contributed by atoms with van der Waals surface area (Å²) in [6.45, 7) is 1.95. The Morgan fingerprint density at radius 3 is 2.86 bits per heavy atom. The van der Waals surface area contributed by atoms with E-state index in [1.807, 2.05) is 32.2 Å². The molecule has 0 aliphatic heterocycles. The SMILES string of the molecule is Cc1nn(C)c2cc(N(C)c3nc(Cl)ncc3F)ccc12. The van der Waals surface area contributed by atoms with Gasteiger partial charge in [0.05, 0.1) is 17.4 Å². The van der Waals surface area contributed by atoms with Crippen molar-refractivity contribution in [3.63, 3.8) is 0 Å². The summed E-state index contributed by atoms with van der Waals surface area (Å²) >= 11 is 5.74. The smallest absolute Gasteiger partial charge is 0.224 e. The Balaban J connectivity index is 2.11. The molecular weight excluding hydrogens is 293 g/mol. The summed E-state index contributed by atoms with van der Waals surface area (Å²) in [5.41, 5.74) is 2.72. The van der Waals surface area contributed by atoms with Gasteiger partial charge in [-0.3, -0.25) is 4.68 Å². The number of hydrogen-bond acceptors (Lipinski definition) is 4. The molecule has 21 heavy (non-hydrogen) atoms. The molecule has 0 radical (unpaired) electrons. The highest BCUT2D eigenvalue weighted by Crippen LogP contribution is 2.28. The lowest BCUT2D eigenvalue weighted by atomic mass is 10.2. The molecule has 0 saturated carbocycles. The van der Waals surface area contributed by atoms with E-state index < -0.39 is 5.82 Å². The van der Waals surface area contributed by atoms with Crippen LogP contribution in [0.1, 0.15) is 5.69 Å². The van der Waals surface area contributed by atoms with Gasteiger partial charge >= 0.3 is 0 Å². The van der Waals surface area contributed by atoms with E-state index in [0.717, 1.165) is 28.5 Å². The average molecular weight is 306 g/mol. The predicted octanol–water partition coefficient (Wildman–Crippen LogP) is 3.23. The lowest BCUT2D eigenvalue weighted by molar-refractivity contribution is 0.613. The average Bonchev–Trinajstić information content (AvgIpc) is 2.75. The Labute approximate surface area is 126 Å². The quantitative estimate of drug-likeness (QED) is 0.682. The first kappa shape index (κ1) is 13.8. The molecular formula is C14H13ClFN5. The Morgan fingerprint density at radius 1 is 1.33 bits per heavy atom. The summed E-state index contributed by atoms with van der Waals surface area (Å²) in [5, 5.41) is 5.45. The standard InChI is InChI=1S/C14H13ClFN5/c1-8-10-5-4-9(6-12(10)21(3)19-8)20(2)13-11(16)7-17-14(15)18-13/h4-7H,1-3H3. The number of fused-ring (bicyclic) bond motifs is 1. The van der Waals surface area contributed by atoms with Crippen molar-refractivity contribution in [3.8, 4) is 0 Å². The maximum atomic E-state index is 13.9. The van der Waals surface area contributed by atoms with Crippen molar-refractivity contribution in [2.45, 2.75) is 6.92 Å². The number of anilines is 2. The van der Waals surface area contributed by atoms with Gasteiger partial charge in [0.15, 0.2) is 11.6 Å². The molecule has 0 aliphatic rings. The van der Waals surface area contributed by atoms with E-state index in [-0.39, 0.29) is 11.1 Å². The van der Waals surface area contributed by atoms with E-state index in [9.17, 15) is 4.39 Å². The van der Waals surface area contributed by atoms with Gasteiger partial charge in [0.2, 0.25) is 5.28 Å². The molecule has 0 aliphatic carbocycles. The van der Waals surface area contributed by atoms with Crippen LogP contribution in [-0.2, 0) is 7.05 Å². The number of nitrogens with zero attached hydrogens (tertiary/aromatic N) is 5. The van der Waals surface area contributed by atoms with Gasteiger partial charge in [0.25, 0.3) is 0 Å². The van der Waals surface area contributed by atoms with Crippen LogP contribution in [0.15, 0.2) is 24.4 Å². The molecule has 0 amide bonds. The molecule has 2 heterocycles. The van der Waals surface area contributed by atoms with Crippen molar-refractivity contribution in [1.29, 1.82) is 0 Å².